The first kappa shape index (κ1) is 22.0. The Bertz CT molecular complexity index is 1340. The standard InChI is InChI=1S/C22H18Cl2N4O4/c1-11-26-17-5-2-12(10-25-20(30)13-3-4-15(23)16(24)9-13)8-14(17)22(32)28(11)18-6-7-19(29)27-21(18)31/h2-5,8-9,18H,6-7,10H2,1H3,(H,25,30)(H,27,29,31)/t18-/m0/s1. The van der Waals surface area contributed by atoms with Crippen LogP contribution in [0.2, 0.25) is 10.0 Å². The smallest absolute Gasteiger partial charge is 0.262 e. The summed E-state index contributed by atoms with van der Waals surface area (Å²) in [6, 6.07) is 8.89. The lowest BCUT2D eigenvalue weighted by Gasteiger charge is -2.24. The maximum Gasteiger partial charge on any atom is 0.262 e. The van der Waals surface area contributed by atoms with Crippen molar-refractivity contribution >= 4 is 51.8 Å². The molecule has 0 bridgehead atoms. The molecule has 164 valence electrons. The fourth-order valence-electron chi connectivity index (χ4n) is 3.68. The number of amides is 3. The van der Waals surface area contributed by atoms with Crippen LogP contribution in [0, 0.1) is 6.92 Å². The monoisotopic (exact) mass is 472 g/mol. The van der Waals surface area contributed by atoms with Gasteiger partial charge in [-0.25, -0.2) is 4.98 Å². The van der Waals surface area contributed by atoms with E-state index < -0.39 is 11.9 Å². The summed E-state index contributed by atoms with van der Waals surface area (Å²) in [4.78, 5) is 53.8. The summed E-state index contributed by atoms with van der Waals surface area (Å²) < 4.78 is 1.32. The average molecular weight is 473 g/mol. The number of aryl methyl sites for hydroxylation is 1. The van der Waals surface area contributed by atoms with E-state index in [-0.39, 0.29) is 41.8 Å². The van der Waals surface area contributed by atoms with E-state index in [1.165, 1.54) is 10.6 Å². The number of halogens is 2. The van der Waals surface area contributed by atoms with Gasteiger partial charge < -0.3 is 5.32 Å². The highest BCUT2D eigenvalue weighted by molar-refractivity contribution is 6.42. The normalized spacial score (nSPS) is 16.2. The zero-order chi connectivity index (χ0) is 23.0. The van der Waals surface area contributed by atoms with Gasteiger partial charge in [0.2, 0.25) is 11.8 Å². The summed E-state index contributed by atoms with van der Waals surface area (Å²) in [5.41, 5.74) is 1.15. The molecule has 1 aromatic heterocycles. The number of aromatic nitrogens is 2. The molecule has 10 heteroatoms. The van der Waals surface area contributed by atoms with Crippen molar-refractivity contribution in [3.8, 4) is 0 Å². The SMILES string of the molecule is Cc1nc2ccc(CNC(=O)c3ccc(Cl)c(Cl)c3)cc2c(=O)n1[C@H]1CCC(=O)NC1=O. The maximum atomic E-state index is 13.2. The van der Waals surface area contributed by atoms with E-state index in [4.69, 9.17) is 23.2 Å². The number of fused-ring (bicyclic) bond motifs is 1. The van der Waals surface area contributed by atoms with Crippen molar-refractivity contribution in [1.82, 2.24) is 20.2 Å². The molecular weight excluding hydrogens is 455 g/mol. The van der Waals surface area contributed by atoms with E-state index in [1.54, 1.807) is 37.3 Å². The Morgan fingerprint density at radius 3 is 2.66 bits per heavy atom. The molecular formula is C22H18Cl2N4O4. The molecule has 2 heterocycles. The molecule has 1 aliphatic heterocycles. The molecule has 0 aliphatic carbocycles. The fraction of sp³-hybridized carbons (Fsp3) is 0.227. The van der Waals surface area contributed by atoms with Gasteiger partial charge in [0.05, 0.1) is 20.9 Å². The second kappa shape index (κ2) is 8.72. The first-order chi connectivity index (χ1) is 15.2. The van der Waals surface area contributed by atoms with Crippen molar-refractivity contribution in [2.45, 2.75) is 32.4 Å². The summed E-state index contributed by atoms with van der Waals surface area (Å²) in [6.45, 7) is 1.82. The van der Waals surface area contributed by atoms with Crippen LogP contribution in [0.1, 0.15) is 40.6 Å². The first-order valence-electron chi connectivity index (χ1n) is 9.83. The molecule has 2 aromatic carbocycles. The summed E-state index contributed by atoms with van der Waals surface area (Å²) in [5.74, 6) is -0.826. The Labute approximate surface area is 192 Å². The van der Waals surface area contributed by atoms with Gasteiger partial charge in [-0.15, -0.1) is 0 Å². The van der Waals surface area contributed by atoms with Crippen molar-refractivity contribution in [1.29, 1.82) is 0 Å². The van der Waals surface area contributed by atoms with Crippen LogP contribution in [0.15, 0.2) is 41.2 Å². The maximum absolute atomic E-state index is 13.2. The van der Waals surface area contributed by atoms with E-state index in [9.17, 15) is 19.2 Å². The Morgan fingerprint density at radius 1 is 1.16 bits per heavy atom. The highest BCUT2D eigenvalue weighted by Gasteiger charge is 2.30. The lowest BCUT2D eigenvalue weighted by atomic mass is 10.0. The van der Waals surface area contributed by atoms with Gasteiger partial charge in [0, 0.05) is 18.5 Å². The van der Waals surface area contributed by atoms with Gasteiger partial charge >= 0.3 is 0 Å². The molecule has 1 fully saturated rings. The van der Waals surface area contributed by atoms with Crippen molar-refractivity contribution < 1.29 is 14.4 Å². The van der Waals surface area contributed by atoms with E-state index in [2.05, 4.69) is 15.6 Å². The van der Waals surface area contributed by atoms with Gasteiger partial charge in [-0.1, -0.05) is 29.3 Å². The molecule has 0 spiro atoms. The van der Waals surface area contributed by atoms with E-state index in [1.807, 2.05) is 0 Å². The van der Waals surface area contributed by atoms with Crippen LogP contribution in [-0.4, -0.2) is 27.3 Å². The zero-order valence-corrected chi connectivity index (χ0v) is 18.5. The minimum atomic E-state index is -0.796. The van der Waals surface area contributed by atoms with Crippen molar-refractivity contribution in [2.75, 3.05) is 0 Å². The number of carbonyl (C=O) groups is 3. The number of piperidine rings is 1. The van der Waals surface area contributed by atoms with Crippen molar-refractivity contribution in [3.63, 3.8) is 0 Å². The molecule has 2 N–H and O–H groups in total. The predicted octanol–water partition coefficient (Wildman–Crippen LogP) is 2.92. The summed E-state index contributed by atoms with van der Waals surface area (Å²) in [7, 11) is 0. The summed E-state index contributed by atoms with van der Waals surface area (Å²) in [5, 5.41) is 6.00. The molecule has 1 saturated heterocycles. The minimum absolute atomic E-state index is 0.154. The van der Waals surface area contributed by atoms with Crippen LogP contribution in [0.5, 0.6) is 0 Å². The molecule has 3 aromatic rings. The molecule has 4 rings (SSSR count). The van der Waals surface area contributed by atoms with Crippen LogP contribution in [0.25, 0.3) is 10.9 Å². The molecule has 0 unspecified atom stereocenters. The number of hydrogen-bond donors (Lipinski definition) is 2. The Kier molecular flexibility index (Phi) is 5.99. The topological polar surface area (TPSA) is 110 Å². The van der Waals surface area contributed by atoms with E-state index in [0.717, 1.165) is 0 Å². The number of imide groups is 1. The van der Waals surface area contributed by atoms with Crippen LogP contribution in [-0.2, 0) is 16.1 Å². The highest BCUT2D eigenvalue weighted by atomic mass is 35.5. The molecule has 0 radical (unpaired) electrons. The number of rotatable bonds is 4. The van der Waals surface area contributed by atoms with Gasteiger partial charge in [-0.3, -0.25) is 29.1 Å². The number of benzene rings is 2. The van der Waals surface area contributed by atoms with Crippen LogP contribution >= 0.6 is 23.2 Å². The second-order valence-electron chi connectivity index (χ2n) is 7.46. The number of nitrogens with zero attached hydrogens (tertiary/aromatic N) is 2. The van der Waals surface area contributed by atoms with Crippen LogP contribution in [0.3, 0.4) is 0 Å². The van der Waals surface area contributed by atoms with Gasteiger partial charge in [0.15, 0.2) is 0 Å². The minimum Gasteiger partial charge on any atom is -0.348 e. The van der Waals surface area contributed by atoms with Gasteiger partial charge in [-0.05, 0) is 49.2 Å². The molecule has 1 aliphatic rings. The third kappa shape index (κ3) is 4.24. The van der Waals surface area contributed by atoms with E-state index >= 15 is 0 Å². The molecule has 1 atom stereocenters. The predicted molar refractivity (Wildman–Crippen MR) is 120 cm³/mol. The third-order valence-corrected chi connectivity index (χ3v) is 6.04. The van der Waals surface area contributed by atoms with Crippen LogP contribution < -0.4 is 16.2 Å². The van der Waals surface area contributed by atoms with Gasteiger partial charge in [0.25, 0.3) is 11.5 Å². The molecule has 0 saturated carbocycles. The van der Waals surface area contributed by atoms with Gasteiger partial charge in [0.1, 0.15) is 11.9 Å². The van der Waals surface area contributed by atoms with Crippen molar-refractivity contribution in [3.05, 3.63) is 73.7 Å². The first-order valence-corrected chi connectivity index (χ1v) is 10.6. The Hall–Kier alpha value is -3.23. The average Bonchev–Trinajstić information content (AvgIpc) is 2.75. The zero-order valence-electron chi connectivity index (χ0n) is 16.9. The van der Waals surface area contributed by atoms with Crippen molar-refractivity contribution in [2.24, 2.45) is 0 Å². The fourth-order valence-corrected chi connectivity index (χ4v) is 3.98. The Morgan fingerprint density at radius 2 is 1.94 bits per heavy atom. The highest BCUT2D eigenvalue weighted by Crippen LogP contribution is 2.23. The quantitative estimate of drug-likeness (QED) is 0.567. The van der Waals surface area contributed by atoms with Gasteiger partial charge in [-0.2, -0.15) is 0 Å². The third-order valence-electron chi connectivity index (χ3n) is 5.30. The Balaban J connectivity index is 1.61. The lowest BCUT2D eigenvalue weighted by molar-refractivity contribution is -0.135. The summed E-state index contributed by atoms with van der Waals surface area (Å²) >= 11 is 11.8. The molecule has 8 nitrogen and oxygen atoms in total. The number of nitrogens with one attached hydrogen (secondary N) is 2. The molecule has 3 amide bonds. The second-order valence-corrected chi connectivity index (χ2v) is 8.28. The largest absolute Gasteiger partial charge is 0.348 e. The van der Waals surface area contributed by atoms with Crippen LogP contribution in [0.4, 0.5) is 0 Å². The number of carbonyl (C=O) groups excluding carboxylic acids is 3. The van der Waals surface area contributed by atoms with E-state index in [0.29, 0.717) is 32.9 Å². The number of hydrogen-bond acceptors (Lipinski definition) is 5. The lowest BCUT2D eigenvalue weighted by Crippen LogP contribution is -2.45. The molecule has 32 heavy (non-hydrogen) atoms. The summed E-state index contributed by atoms with van der Waals surface area (Å²) in [6.07, 6.45) is 0.388.